The van der Waals surface area contributed by atoms with Gasteiger partial charge >= 0.3 is 0 Å². The van der Waals surface area contributed by atoms with Gasteiger partial charge in [-0.15, -0.1) is 0 Å². The van der Waals surface area contributed by atoms with Crippen LogP contribution in [0.15, 0.2) is 18.3 Å². The molecule has 0 spiro atoms. The van der Waals surface area contributed by atoms with E-state index in [1.54, 1.807) is 13.3 Å². The zero-order valence-corrected chi connectivity index (χ0v) is 16.8. The lowest BCUT2D eigenvalue weighted by Crippen LogP contribution is -2.50. The van der Waals surface area contributed by atoms with Gasteiger partial charge in [-0.25, -0.2) is 9.97 Å². The molecule has 0 aromatic carbocycles. The molecule has 0 bridgehead atoms. The maximum Gasteiger partial charge on any atom is 0.222 e. The Balaban J connectivity index is 1.66. The number of hydrogen-bond acceptors (Lipinski definition) is 5. The Hall–Kier alpha value is -1.99. The highest BCUT2D eigenvalue weighted by Crippen LogP contribution is 2.22. The number of pyridine rings is 1. The maximum atomic E-state index is 12.6. The maximum absolute atomic E-state index is 12.6. The van der Waals surface area contributed by atoms with Crippen LogP contribution in [0, 0.1) is 0 Å². The number of methoxy groups -OCH3 is 1. The molecule has 1 saturated heterocycles. The zero-order valence-electron chi connectivity index (χ0n) is 16.8. The van der Waals surface area contributed by atoms with Crippen LogP contribution < -0.4 is 0 Å². The first-order valence-corrected chi connectivity index (χ1v) is 9.64. The zero-order chi connectivity index (χ0) is 19.4. The van der Waals surface area contributed by atoms with Crippen LogP contribution in [0.2, 0.25) is 0 Å². The summed E-state index contributed by atoms with van der Waals surface area (Å²) < 4.78 is 13.2. The third-order valence-electron chi connectivity index (χ3n) is 4.94. The van der Waals surface area contributed by atoms with E-state index >= 15 is 0 Å². The van der Waals surface area contributed by atoms with Gasteiger partial charge < -0.3 is 18.9 Å². The molecule has 0 N–H and O–H groups in total. The van der Waals surface area contributed by atoms with Crippen LogP contribution in [0.4, 0.5) is 0 Å². The Morgan fingerprint density at radius 3 is 3.00 bits per heavy atom. The fraction of sp³-hybridized carbons (Fsp3) is 0.650. The Bertz CT molecular complexity index is 787. The highest BCUT2D eigenvalue weighted by molar-refractivity contribution is 5.76. The molecule has 3 rings (SSSR count). The van der Waals surface area contributed by atoms with Gasteiger partial charge in [0.25, 0.3) is 0 Å². The van der Waals surface area contributed by atoms with Crippen LogP contribution >= 0.6 is 0 Å². The molecule has 1 aliphatic heterocycles. The molecule has 1 amide bonds. The molecule has 3 heterocycles. The van der Waals surface area contributed by atoms with Gasteiger partial charge in [0.05, 0.1) is 24.9 Å². The number of fused-ring (bicyclic) bond motifs is 1. The van der Waals surface area contributed by atoms with Crippen LogP contribution in [0.25, 0.3) is 11.2 Å². The number of nitrogens with zero attached hydrogens (tertiary/aromatic N) is 4. The minimum absolute atomic E-state index is 0.139. The molecule has 1 aliphatic rings. The van der Waals surface area contributed by atoms with E-state index in [0.717, 1.165) is 29.8 Å². The van der Waals surface area contributed by atoms with Crippen molar-refractivity contribution < 1.29 is 14.3 Å². The van der Waals surface area contributed by atoms with Crippen molar-refractivity contribution in [2.45, 2.75) is 51.7 Å². The molecule has 0 radical (unpaired) electrons. The summed E-state index contributed by atoms with van der Waals surface area (Å²) in [6, 6.07) is 4.01. The summed E-state index contributed by atoms with van der Waals surface area (Å²) in [4.78, 5) is 23.7. The van der Waals surface area contributed by atoms with Crippen LogP contribution in [-0.4, -0.2) is 64.4 Å². The molecule has 7 heteroatoms. The molecule has 27 heavy (non-hydrogen) atoms. The third-order valence-corrected chi connectivity index (χ3v) is 4.94. The number of carbonyl (C=O) groups is 1. The van der Waals surface area contributed by atoms with Crippen molar-refractivity contribution in [3.05, 3.63) is 24.2 Å². The Morgan fingerprint density at radius 2 is 2.26 bits per heavy atom. The van der Waals surface area contributed by atoms with Crippen LogP contribution in [0.1, 0.15) is 45.5 Å². The summed E-state index contributed by atoms with van der Waals surface area (Å²) in [5, 5.41) is 0. The van der Waals surface area contributed by atoms with Gasteiger partial charge in [0.15, 0.2) is 5.65 Å². The topological polar surface area (TPSA) is 69.5 Å². The molecule has 7 nitrogen and oxygen atoms in total. The average Bonchev–Trinajstić information content (AvgIpc) is 2.99. The van der Waals surface area contributed by atoms with Crippen molar-refractivity contribution in [2.75, 3.05) is 33.4 Å². The van der Waals surface area contributed by atoms with E-state index in [9.17, 15) is 4.79 Å². The number of morpholine rings is 1. The minimum Gasteiger partial charge on any atom is -0.383 e. The molecule has 2 aromatic rings. The van der Waals surface area contributed by atoms with Gasteiger partial charge in [-0.05, 0) is 39.3 Å². The first-order valence-electron chi connectivity index (χ1n) is 9.64. The van der Waals surface area contributed by atoms with Gasteiger partial charge in [-0.1, -0.05) is 0 Å². The van der Waals surface area contributed by atoms with E-state index in [0.29, 0.717) is 32.7 Å². The van der Waals surface area contributed by atoms with E-state index in [-0.39, 0.29) is 17.6 Å². The average molecular weight is 374 g/mol. The Kier molecular flexibility index (Phi) is 6.11. The first kappa shape index (κ1) is 19.8. The second-order valence-corrected chi connectivity index (χ2v) is 7.83. The van der Waals surface area contributed by atoms with Crippen molar-refractivity contribution in [1.82, 2.24) is 19.4 Å². The standard InChI is InChI=1S/C20H30N4O3/c1-15(13-26-4)24-17(22-16-7-6-10-21-19(16)24)8-5-9-18(25)23-11-12-27-20(2,3)14-23/h6-7,10,15H,5,8-9,11-14H2,1-4H3. The van der Waals surface area contributed by atoms with E-state index in [1.165, 1.54) is 0 Å². The van der Waals surface area contributed by atoms with Crippen molar-refractivity contribution in [2.24, 2.45) is 0 Å². The van der Waals surface area contributed by atoms with Crippen molar-refractivity contribution >= 4 is 17.1 Å². The largest absolute Gasteiger partial charge is 0.383 e. The predicted molar refractivity (Wildman–Crippen MR) is 104 cm³/mol. The van der Waals surface area contributed by atoms with Gasteiger partial charge in [-0.3, -0.25) is 4.79 Å². The summed E-state index contributed by atoms with van der Waals surface area (Å²) in [6.45, 7) is 8.68. The quantitative estimate of drug-likeness (QED) is 0.745. The third kappa shape index (κ3) is 4.65. The van der Waals surface area contributed by atoms with Crippen LogP contribution in [0.3, 0.4) is 0 Å². The SMILES string of the molecule is COCC(C)n1c(CCCC(=O)N2CCOC(C)(C)C2)nc2cccnc21. The monoisotopic (exact) mass is 374 g/mol. The highest BCUT2D eigenvalue weighted by Gasteiger charge is 2.29. The number of rotatable bonds is 7. The van der Waals surface area contributed by atoms with Crippen LogP contribution in [0.5, 0.6) is 0 Å². The number of hydrogen-bond donors (Lipinski definition) is 0. The van der Waals surface area contributed by atoms with Gasteiger partial charge in [0.1, 0.15) is 11.3 Å². The fourth-order valence-corrected chi connectivity index (χ4v) is 3.72. The van der Waals surface area contributed by atoms with Crippen molar-refractivity contribution in [3.8, 4) is 0 Å². The number of ether oxygens (including phenoxy) is 2. The van der Waals surface area contributed by atoms with Gasteiger partial charge in [-0.2, -0.15) is 0 Å². The molecular formula is C20H30N4O3. The summed E-state index contributed by atoms with van der Waals surface area (Å²) in [5.41, 5.74) is 1.50. The van der Waals surface area contributed by atoms with Gasteiger partial charge in [0, 0.05) is 39.2 Å². The normalized spacial score (nSPS) is 18.0. The number of amides is 1. The molecule has 0 aliphatic carbocycles. The second kappa shape index (κ2) is 8.35. The fourth-order valence-electron chi connectivity index (χ4n) is 3.72. The second-order valence-electron chi connectivity index (χ2n) is 7.83. The lowest BCUT2D eigenvalue weighted by molar-refractivity contribution is -0.146. The smallest absolute Gasteiger partial charge is 0.222 e. The molecule has 0 saturated carbocycles. The predicted octanol–water partition coefficient (Wildman–Crippen LogP) is 2.60. The summed E-state index contributed by atoms with van der Waals surface area (Å²) in [5.74, 6) is 1.15. The molecule has 1 atom stereocenters. The lowest BCUT2D eigenvalue weighted by atomic mass is 10.1. The summed E-state index contributed by atoms with van der Waals surface area (Å²) in [7, 11) is 1.70. The van der Waals surface area contributed by atoms with E-state index in [4.69, 9.17) is 14.5 Å². The molecular weight excluding hydrogens is 344 g/mol. The lowest BCUT2D eigenvalue weighted by Gasteiger charge is -2.38. The Labute approximate surface area is 160 Å². The number of aryl methyl sites for hydroxylation is 1. The number of aromatic nitrogens is 3. The van der Waals surface area contributed by atoms with Crippen LogP contribution in [-0.2, 0) is 20.7 Å². The van der Waals surface area contributed by atoms with Crippen molar-refractivity contribution in [1.29, 1.82) is 0 Å². The van der Waals surface area contributed by atoms with Crippen molar-refractivity contribution in [3.63, 3.8) is 0 Å². The summed E-state index contributed by atoms with van der Waals surface area (Å²) >= 11 is 0. The number of carbonyl (C=O) groups excluding carboxylic acids is 1. The highest BCUT2D eigenvalue weighted by atomic mass is 16.5. The molecule has 1 fully saturated rings. The molecule has 148 valence electrons. The number of imidazole rings is 1. The van der Waals surface area contributed by atoms with E-state index in [2.05, 4.69) is 16.5 Å². The minimum atomic E-state index is -0.261. The molecule has 2 aromatic heterocycles. The van der Waals surface area contributed by atoms with Gasteiger partial charge in [0.2, 0.25) is 5.91 Å². The molecule has 1 unspecified atom stereocenters. The van der Waals surface area contributed by atoms with E-state index in [1.807, 2.05) is 30.9 Å². The first-order chi connectivity index (χ1) is 12.9. The summed E-state index contributed by atoms with van der Waals surface area (Å²) in [6.07, 6.45) is 3.81. The Morgan fingerprint density at radius 1 is 1.44 bits per heavy atom. The van der Waals surface area contributed by atoms with E-state index < -0.39 is 0 Å².